The maximum absolute atomic E-state index is 13.8. The van der Waals surface area contributed by atoms with Gasteiger partial charge in [-0.1, -0.05) is 36.4 Å². The van der Waals surface area contributed by atoms with Crippen LogP contribution in [-0.2, 0) is 9.53 Å². The molecular formula is C22H25FN2O3. The summed E-state index contributed by atoms with van der Waals surface area (Å²) in [5.74, 6) is -0.505. The Bertz CT molecular complexity index is 805. The van der Waals surface area contributed by atoms with Gasteiger partial charge >= 0.3 is 0 Å². The molecule has 1 N–H and O–H groups in total. The van der Waals surface area contributed by atoms with Crippen molar-refractivity contribution in [2.24, 2.45) is 0 Å². The van der Waals surface area contributed by atoms with Gasteiger partial charge in [0.2, 0.25) is 5.91 Å². The first-order valence-electron chi connectivity index (χ1n) is 9.33. The summed E-state index contributed by atoms with van der Waals surface area (Å²) < 4.78 is 24.1. The van der Waals surface area contributed by atoms with E-state index in [-0.39, 0.29) is 17.7 Å². The third kappa shape index (κ3) is 5.65. The summed E-state index contributed by atoms with van der Waals surface area (Å²) in [6, 6.07) is 14.3. The Balaban J connectivity index is 1.67. The van der Waals surface area contributed by atoms with Crippen molar-refractivity contribution in [2.45, 2.75) is 6.04 Å². The summed E-state index contributed by atoms with van der Waals surface area (Å²) >= 11 is 0. The molecule has 1 aliphatic heterocycles. The molecule has 2 aromatic rings. The predicted molar refractivity (Wildman–Crippen MR) is 107 cm³/mol. The number of carbonyl (C=O) groups is 1. The van der Waals surface area contributed by atoms with Crippen LogP contribution >= 0.6 is 0 Å². The van der Waals surface area contributed by atoms with Crippen molar-refractivity contribution in [1.82, 2.24) is 10.2 Å². The van der Waals surface area contributed by atoms with E-state index in [4.69, 9.17) is 9.47 Å². The van der Waals surface area contributed by atoms with Crippen LogP contribution in [0.3, 0.4) is 0 Å². The summed E-state index contributed by atoms with van der Waals surface area (Å²) in [7, 11) is 1.42. The van der Waals surface area contributed by atoms with E-state index < -0.39 is 5.82 Å². The molecule has 2 aromatic carbocycles. The number of rotatable bonds is 7. The van der Waals surface area contributed by atoms with Crippen LogP contribution in [0.1, 0.15) is 17.2 Å². The van der Waals surface area contributed by atoms with Gasteiger partial charge in [0.05, 0.1) is 26.4 Å². The van der Waals surface area contributed by atoms with Gasteiger partial charge in [0.15, 0.2) is 11.6 Å². The van der Waals surface area contributed by atoms with Crippen LogP contribution in [0.5, 0.6) is 5.75 Å². The highest BCUT2D eigenvalue weighted by Gasteiger charge is 2.19. The van der Waals surface area contributed by atoms with Crippen molar-refractivity contribution in [3.05, 3.63) is 71.6 Å². The third-order valence-electron chi connectivity index (χ3n) is 4.67. The monoisotopic (exact) mass is 384 g/mol. The summed E-state index contributed by atoms with van der Waals surface area (Å²) in [4.78, 5) is 14.8. The third-order valence-corrected chi connectivity index (χ3v) is 4.67. The van der Waals surface area contributed by atoms with Crippen molar-refractivity contribution in [2.75, 3.05) is 40.0 Å². The van der Waals surface area contributed by atoms with Gasteiger partial charge in [0, 0.05) is 25.7 Å². The average molecular weight is 384 g/mol. The van der Waals surface area contributed by atoms with Gasteiger partial charge < -0.3 is 14.8 Å². The van der Waals surface area contributed by atoms with Crippen molar-refractivity contribution >= 4 is 12.0 Å². The first-order valence-corrected chi connectivity index (χ1v) is 9.33. The zero-order chi connectivity index (χ0) is 19.8. The number of halogens is 1. The first-order chi connectivity index (χ1) is 13.7. The molecule has 0 aliphatic carbocycles. The molecule has 0 aromatic heterocycles. The van der Waals surface area contributed by atoms with E-state index in [1.54, 1.807) is 12.1 Å². The number of benzene rings is 2. The fourth-order valence-electron chi connectivity index (χ4n) is 3.14. The average Bonchev–Trinajstić information content (AvgIpc) is 2.73. The zero-order valence-electron chi connectivity index (χ0n) is 15.9. The van der Waals surface area contributed by atoms with E-state index in [2.05, 4.69) is 10.2 Å². The van der Waals surface area contributed by atoms with Crippen molar-refractivity contribution in [3.8, 4) is 5.75 Å². The molecule has 1 saturated heterocycles. The number of hydrogen-bond acceptors (Lipinski definition) is 4. The largest absolute Gasteiger partial charge is 0.494 e. The Morgan fingerprint density at radius 2 is 2.00 bits per heavy atom. The lowest BCUT2D eigenvalue weighted by atomic mass is 10.1. The molecule has 148 valence electrons. The first kappa shape index (κ1) is 20.0. The molecule has 1 amide bonds. The lowest BCUT2D eigenvalue weighted by Gasteiger charge is -2.31. The molecule has 0 saturated carbocycles. The molecule has 28 heavy (non-hydrogen) atoms. The quantitative estimate of drug-likeness (QED) is 0.746. The van der Waals surface area contributed by atoms with E-state index in [1.807, 2.05) is 30.3 Å². The number of methoxy groups -OCH3 is 1. The number of ether oxygens (including phenoxy) is 2. The molecule has 0 bridgehead atoms. The Morgan fingerprint density at radius 3 is 2.68 bits per heavy atom. The smallest absolute Gasteiger partial charge is 0.244 e. The zero-order valence-corrected chi connectivity index (χ0v) is 15.9. The van der Waals surface area contributed by atoms with E-state index in [0.29, 0.717) is 25.3 Å². The highest BCUT2D eigenvalue weighted by atomic mass is 19.1. The standard InChI is InChI=1S/C22H25FN2O3/c1-27-21-9-7-17(15-19(21)23)8-10-22(26)24-20(18-5-3-2-4-6-18)16-25-11-13-28-14-12-25/h2-10,15,20H,11-14,16H2,1H3,(H,24,26)/b10-8+/t20-/m1/s1. The van der Waals surface area contributed by atoms with E-state index in [0.717, 1.165) is 18.7 Å². The Morgan fingerprint density at radius 1 is 1.25 bits per heavy atom. The molecule has 3 rings (SSSR count). The van der Waals surface area contributed by atoms with Crippen LogP contribution in [-0.4, -0.2) is 50.8 Å². The second kappa shape index (κ2) is 10.0. The molecule has 1 atom stereocenters. The lowest BCUT2D eigenvalue weighted by molar-refractivity contribution is -0.117. The summed E-state index contributed by atoms with van der Waals surface area (Å²) in [6.07, 6.45) is 3.02. The van der Waals surface area contributed by atoms with E-state index in [1.165, 1.54) is 25.3 Å². The summed E-state index contributed by atoms with van der Waals surface area (Å²) in [6.45, 7) is 3.82. The molecule has 1 heterocycles. The second-order valence-electron chi connectivity index (χ2n) is 6.61. The summed E-state index contributed by atoms with van der Waals surface area (Å²) in [5.41, 5.74) is 1.64. The number of morpholine rings is 1. The van der Waals surface area contributed by atoms with Crippen LogP contribution in [0.15, 0.2) is 54.6 Å². The molecule has 1 aliphatic rings. The SMILES string of the molecule is COc1ccc(/C=C/C(=O)N[C@H](CN2CCOCC2)c2ccccc2)cc1F. The van der Waals surface area contributed by atoms with Crippen LogP contribution < -0.4 is 10.1 Å². The van der Waals surface area contributed by atoms with Gasteiger partial charge in [-0.25, -0.2) is 4.39 Å². The number of nitrogens with zero attached hydrogens (tertiary/aromatic N) is 1. The Kier molecular flexibility index (Phi) is 7.17. The second-order valence-corrected chi connectivity index (χ2v) is 6.61. The minimum atomic E-state index is -0.459. The van der Waals surface area contributed by atoms with Crippen molar-refractivity contribution in [3.63, 3.8) is 0 Å². The predicted octanol–water partition coefficient (Wildman–Crippen LogP) is 3.04. The van der Waals surface area contributed by atoms with Gasteiger partial charge in [-0.2, -0.15) is 0 Å². The van der Waals surface area contributed by atoms with Crippen LogP contribution in [0.2, 0.25) is 0 Å². The lowest BCUT2D eigenvalue weighted by Crippen LogP contribution is -2.42. The normalized spacial score (nSPS) is 16.1. The number of hydrogen-bond donors (Lipinski definition) is 1. The maximum Gasteiger partial charge on any atom is 0.244 e. The minimum Gasteiger partial charge on any atom is -0.494 e. The van der Waals surface area contributed by atoms with Crippen LogP contribution in [0.4, 0.5) is 4.39 Å². The molecule has 6 heteroatoms. The van der Waals surface area contributed by atoms with Crippen molar-refractivity contribution < 1.29 is 18.7 Å². The molecule has 5 nitrogen and oxygen atoms in total. The van der Waals surface area contributed by atoms with Gasteiger partial charge in [0.25, 0.3) is 0 Å². The molecule has 1 fully saturated rings. The molecule has 0 radical (unpaired) electrons. The molecule has 0 spiro atoms. The Labute approximate surface area is 164 Å². The topological polar surface area (TPSA) is 50.8 Å². The number of carbonyl (C=O) groups excluding carboxylic acids is 1. The van der Waals surface area contributed by atoms with E-state index in [9.17, 15) is 9.18 Å². The highest BCUT2D eigenvalue weighted by molar-refractivity contribution is 5.92. The number of amides is 1. The fourth-order valence-corrected chi connectivity index (χ4v) is 3.14. The number of nitrogens with one attached hydrogen (secondary N) is 1. The van der Waals surface area contributed by atoms with Crippen molar-refractivity contribution in [1.29, 1.82) is 0 Å². The van der Waals surface area contributed by atoms with Gasteiger partial charge in [0.1, 0.15) is 0 Å². The highest BCUT2D eigenvalue weighted by Crippen LogP contribution is 2.19. The van der Waals surface area contributed by atoms with Gasteiger partial charge in [-0.15, -0.1) is 0 Å². The van der Waals surface area contributed by atoms with Crippen LogP contribution in [0, 0.1) is 5.82 Å². The van der Waals surface area contributed by atoms with E-state index >= 15 is 0 Å². The molecular weight excluding hydrogens is 359 g/mol. The fraction of sp³-hybridized carbons (Fsp3) is 0.318. The summed E-state index contributed by atoms with van der Waals surface area (Å²) in [5, 5.41) is 3.06. The minimum absolute atomic E-state index is 0.135. The molecule has 0 unspecified atom stereocenters. The van der Waals surface area contributed by atoms with Gasteiger partial charge in [-0.05, 0) is 29.3 Å². The van der Waals surface area contributed by atoms with Gasteiger partial charge in [-0.3, -0.25) is 9.69 Å². The Hall–Kier alpha value is -2.70. The van der Waals surface area contributed by atoms with Crippen LogP contribution in [0.25, 0.3) is 6.08 Å². The maximum atomic E-state index is 13.8.